The normalized spacial score (nSPS) is 16.6. The van der Waals surface area contributed by atoms with Crippen molar-refractivity contribution in [2.24, 2.45) is 4.99 Å². The van der Waals surface area contributed by atoms with Gasteiger partial charge < -0.3 is 5.11 Å². The Morgan fingerprint density at radius 3 is 2.19 bits per heavy atom. The highest BCUT2D eigenvalue weighted by Gasteiger charge is 2.36. The van der Waals surface area contributed by atoms with Crippen LogP contribution in [0.15, 0.2) is 101 Å². The van der Waals surface area contributed by atoms with Crippen LogP contribution >= 0.6 is 11.8 Å². The van der Waals surface area contributed by atoms with Gasteiger partial charge in [-0.15, -0.1) is 0 Å². The first-order valence-corrected chi connectivity index (χ1v) is 10.4. The van der Waals surface area contributed by atoms with Gasteiger partial charge in [0.05, 0.1) is 16.3 Å². The van der Waals surface area contributed by atoms with Gasteiger partial charge in [0.2, 0.25) is 0 Å². The highest BCUT2D eigenvalue weighted by molar-refractivity contribution is 8.19. The molecule has 1 N–H and O–H groups in total. The summed E-state index contributed by atoms with van der Waals surface area (Å²) in [6.45, 7) is 0. The molecule has 0 saturated carbocycles. The number of hydrogen-bond acceptors (Lipinski definition) is 4. The number of benzene rings is 4. The third-order valence-electron chi connectivity index (χ3n) is 5.05. The number of carbonyl (C=O) groups is 2. The molecular weight excluding hydrogens is 408 g/mol. The van der Waals surface area contributed by atoms with E-state index in [2.05, 4.69) is 0 Å². The molecule has 1 heterocycles. The van der Waals surface area contributed by atoms with Crippen molar-refractivity contribution in [3.05, 3.63) is 95.9 Å². The summed E-state index contributed by atoms with van der Waals surface area (Å²) in [6, 6.07) is 27.2. The van der Waals surface area contributed by atoms with Crippen molar-refractivity contribution in [1.29, 1.82) is 0 Å². The Morgan fingerprint density at radius 2 is 1.45 bits per heavy atom. The third kappa shape index (κ3) is 3.47. The lowest BCUT2D eigenvalue weighted by Crippen LogP contribution is -2.29. The highest BCUT2D eigenvalue weighted by atomic mass is 32.2. The molecule has 4 aromatic carbocycles. The van der Waals surface area contributed by atoms with Gasteiger partial charge in [-0.25, -0.2) is 9.79 Å². The number of amidine groups is 1. The molecular formula is C25H16N2O3S. The number of fused-ring (bicyclic) bond motifs is 2. The summed E-state index contributed by atoms with van der Waals surface area (Å²) in [5, 5.41) is 13.5. The van der Waals surface area contributed by atoms with E-state index in [1.807, 2.05) is 84.9 Å². The molecule has 4 aromatic rings. The highest BCUT2D eigenvalue weighted by Crippen LogP contribution is 2.40. The Hall–Kier alpha value is -3.90. The van der Waals surface area contributed by atoms with E-state index < -0.39 is 11.9 Å². The molecule has 0 bridgehead atoms. The van der Waals surface area contributed by atoms with E-state index in [1.165, 1.54) is 4.90 Å². The predicted octanol–water partition coefficient (Wildman–Crippen LogP) is 5.73. The van der Waals surface area contributed by atoms with Gasteiger partial charge >= 0.3 is 5.97 Å². The maximum absolute atomic E-state index is 13.2. The lowest BCUT2D eigenvalue weighted by molar-refractivity contribution is -0.131. The first-order valence-electron chi connectivity index (χ1n) is 9.63. The maximum Gasteiger partial charge on any atom is 0.329 e. The molecule has 0 radical (unpaired) electrons. The molecule has 1 fully saturated rings. The van der Waals surface area contributed by atoms with E-state index in [1.54, 1.807) is 0 Å². The second-order valence-electron chi connectivity index (χ2n) is 6.98. The lowest BCUT2D eigenvalue weighted by atomic mass is 10.1. The zero-order chi connectivity index (χ0) is 21.4. The van der Waals surface area contributed by atoms with Gasteiger partial charge in [0, 0.05) is 16.8 Å². The topological polar surface area (TPSA) is 70.0 Å². The van der Waals surface area contributed by atoms with Crippen LogP contribution in [0.1, 0.15) is 0 Å². The van der Waals surface area contributed by atoms with Crippen molar-refractivity contribution < 1.29 is 14.7 Å². The van der Waals surface area contributed by atoms with Crippen molar-refractivity contribution in [1.82, 2.24) is 0 Å². The van der Waals surface area contributed by atoms with Crippen LogP contribution in [0.3, 0.4) is 0 Å². The predicted molar refractivity (Wildman–Crippen MR) is 126 cm³/mol. The van der Waals surface area contributed by atoms with Gasteiger partial charge in [-0.2, -0.15) is 0 Å². The number of thioether (sulfide) groups is 1. The number of anilines is 1. The molecule has 1 saturated heterocycles. The van der Waals surface area contributed by atoms with Crippen molar-refractivity contribution >= 4 is 61.7 Å². The SMILES string of the molecule is O=C(O)/C=C1\S/C(=N/c2cccc3ccccc23)N(c2cccc3ccccc23)C1=O. The van der Waals surface area contributed by atoms with Gasteiger partial charge in [-0.05, 0) is 34.7 Å². The number of carboxylic acids is 1. The Bertz CT molecular complexity index is 1410. The van der Waals surface area contributed by atoms with Gasteiger partial charge in [0.1, 0.15) is 0 Å². The maximum atomic E-state index is 13.2. The standard InChI is InChI=1S/C25H16N2O3S/c28-23(29)15-22-24(30)27(21-14-6-10-17-8-2-4-12-19(17)21)25(31-22)26-20-13-5-9-16-7-1-3-11-18(16)20/h1-15H,(H,28,29)/b22-15-,26-25+. The molecule has 1 aliphatic heterocycles. The summed E-state index contributed by atoms with van der Waals surface area (Å²) >= 11 is 1.07. The van der Waals surface area contributed by atoms with E-state index in [0.717, 1.165) is 45.1 Å². The van der Waals surface area contributed by atoms with E-state index in [-0.39, 0.29) is 4.91 Å². The fourth-order valence-corrected chi connectivity index (χ4v) is 4.64. The van der Waals surface area contributed by atoms with Crippen LogP contribution in [0.25, 0.3) is 21.5 Å². The van der Waals surface area contributed by atoms with E-state index in [4.69, 9.17) is 4.99 Å². The van der Waals surface area contributed by atoms with E-state index in [0.29, 0.717) is 10.9 Å². The lowest BCUT2D eigenvalue weighted by Gasteiger charge is -2.18. The molecule has 0 aromatic heterocycles. The zero-order valence-electron chi connectivity index (χ0n) is 16.2. The van der Waals surface area contributed by atoms with Gasteiger partial charge in [0.25, 0.3) is 5.91 Å². The van der Waals surface area contributed by atoms with Crippen LogP contribution in [0, 0.1) is 0 Å². The summed E-state index contributed by atoms with van der Waals surface area (Å²) in [5.41, 5.74) is 1.39. The molecule has 1 amide bonds. The number of carbonyl (C=O) groups excluding carboxylic acids is 1. The van der Waals surface area contributed by atoms with Crippen LogP contribution in [0.5, 0.6) is 0 Å². The fourth-order valence-electron chi connectivity index (χ4n) is 3.69. The largest absolute Gasteiger partial charge is 0.478 e. The number of hydrogen-bond donors (Lipinski definition) is 1. The number of amides is 1. The summed E-state index contributed by atoms with van der Waals surface area (Å²) in [4.78, 5) is 31.0. The molecule has 0 unspecified atom stereocenters. The Labute approximate surface area is 182 Å². The second kappa shape index (κ2) is 7.74. The van der Waals surface area contributed by atoms with Crippen LogP contribution in [-0.2, 0) is 9.59 Å². The van der Waals surface area contributed by atoms with Crippen molar-refractivity contribution in [2.45, 2.75) is 0 Å². The molecule has 5 rings (SSSR count). The number of nitrogens with zero attached hydrogens (tertiary/aromatic N) is 2. The van der Waals surface area contributed by atoms with Gasteiger partial charge in [0.15, 0.2) is 5.17 Å². The monoisotopic (exact) mass is 424 g/mol. The summed E-state index contributed by atoms with van der Waals surface area (Å²) in [7, 11) is 0. The summed E-state index contributed by atoms with van der Waals surface area (Å²) < 4.78 is 0. The molecule has 0 aliphatic carbocycles. The molecule has 6 heteroatoms. The minimum atomic E-state index is -1.17. The van der Waals surface area contributed by atoms with Crippen molar-refractivity contribution in [3.63, 3.8) is 0 Å². The first kappa shape index (κ1) is 19.1. The van der Waals surface area contributed by atoms with Crippen molar-refractivity contribution in [3.8, 4) is 0 Å². The van der Waals surface area contributed by atoms with Gasteiger partial charge in [-0.3, -0.25) is 9.69 Å². The average molecular weight is 424 g/mol. The third-order valence-corrected chi connectivity index (χ3v) is 6.02. The van der Waals surface area contributed by atoms with E-state index >= 15 is 0 Å². The quantitative estimate of drug-likeness (QED) is 0.427. The molecule has 1 aliphatic rings. The zero-order valence-corrected chi connectivity index (χ0v) is 17.0. The number of aliphatic imine (C=N–C) groups is 1. The number of carboxylic acid groups (broad SMARTS) is 1. The molecule has 5 nitrogen and oxygen atoms in total. The Balaban J connectivity index is 1.73. The van der Waals surface area contributed by atoms with Crippen molar-refractivity contribution in [2.75, 3.05) is 4.90 Å². The second-order valence-corrected chi connectivity index (χ2v) is 7.99. The fraction of sp³-hybridized carbons (Fsp3) is 0. The minimum absolute atomic E-state index is 0.124. The molecule has 150 valence electrons. The van der Waals surface area contributed by atoms with Gasteiger partial charge in [-0.1, -0.05) is 72.8 Å². The summed E-state index contributed by atoms with van der Waals surface area (Å²) in [5.74, 6) is -1.57. The first-order chi connectivity index (χ1) is 15.1. The number of aliphatic carboxylic acids is 1. The van der Waals surface area contributed by atoms with Crippen LogP contribution in [-0.4, -0.2) is 22.2 Å². The smallest absolute Gasteiger partial charge is 0.329 e. The summed E-state index contributed by atoms with van der Waals surface area (Å²) in [6.07, 6.45) is 0.941. The molecule has 0 atom stereocenters. The van der Waals surface area contributed by atoms with Crippen LogP contribution in [0.2, 0.25) is 0 Å². The molecule has 31 heavy (non-hydrogen) atoms. The Morgan fingerprint density at radius 1 is 0.839 bits per heavy atom. The van der Waals surface area contributed by atoms with Crippen LogP contribution in [0.4, 0.5) is 11.4 Å². The Kier molecular flexibility index (Phi) is 4.76. The number of rotatable bonds is 3. The van der Waals surface area contributed by atoms with Crippen LogP contribution < -0.4 is 4.90 Å². The molecule has 0 spiro atoms. The minimum Gasteiger partial charge on any atom is -0.478 e. The van der Waals surface area contributed by atoms with E-state index in [9.17, 15) is 14.7 Å². The average Bonchev–Trinajstić information content (AvgIpc) is 3.07.